The molecule has 0 aliphatic rings. The van der Waals surface area contributed by atoms with Crippen LogP contribution in [0.1, 0.15) is 110 Å². The van der Waals surface area contributed by atoms with E-state index >= 15 is 0 Å². The van der Waals surface area contributed by atoms with Crippen LogP contribution in [0.2, 0.25) is 0 Å². The van der Waals surface area contributed by atoms with Gasteiger partial charge in [0.1, 0.15) is 11.6 Å². The minimum absolute atomic E-state index is 0.0309. The van der Waals surface area contributed by atoms with E-state index in [1.807, 2.05) is 0 Å². The van der Waals surface area contributed by atoms with E-state index in [0.29, 0.717) is 6.42 Å². The lowest BCUT2D eigenvalue weighted by molar-refractivity contribution is 0.0424. The Hall–Kier alpha value is -1.37. The molecule has 33 heavy (non-hydrogen) atoms. The summed E-state index contributed by atoms with van der Waals surface area (Å²) >= 11 is 0. The Morgan fingerprint density at radius 1 is 0.818 bits per heavy atom. The van der Waals surface area contributed by atoms with E-state index in [9.17, 15) is 20.4 Å². The molecule has 0 saturated carbocycles. The van der Waals surface area contributed by atoms with Crippen molar-refractivity contribution in [1.82, 2.24) is 0 Å². The highest BCUT2D eigenvalue weighted by atomic mass is 16.3. The minimum atomic E-state index is -0.890. The Morgan fingerprint density at radius 3 is 1.82 bits per heavy atom. The van der Waals surface area contributed by atoms with E-state index in [4.69, 9.17) is 11.1 Å². The van der Waals surface area contributed by atoms with Crippen LogP contribution in [-0.4, -0.2) is 46.1 Å². The first-order chi connectivity index (χ1) is 15.9. The average molecular weight is 469 g/mol. The summed E-state index contributed by atoms with van der Waals surface area (Å²) in [5.41, 5.74) is 4.99. The molecule has 7 N–H and O–H groups in total. The van der Waals surface area contributed by atoms with Gasteiger partial charge in [0.05, 0.1) is 0 Å². The molecule has 0 saturated heterocycles. The fourth-order valence-electron chi connectivity index (χ4n) is 4.82. The number of aliphatic hydroxyl groups is 4. The molecule has 0 spiro atoms. The number of unbranched alkanes of at least 4 members (excludes halogenated alkanes) is 9. The molecule has 0 fully saturated rings. The maximum Gasteiger partial charge on any atom is 0.121 e. The average Bonchev–Trinajstić information content (AvgIpc) is 2.80. The second-order valence-electron chi connectivity index (χ2n) is 9.37. The third-order valence-corrected chi connectivity index (χ3v) is 6.92. The van der Waals surface area contributed by atoms with Crippen LogP contribution in [0.4, 0.5) is 0 Å². The maximum atomic E-state index is 11.0. The molecule has 6 heteroatoms. The molecule has 0 aromatic rings. The van der Waals surface area contributed by atoms with Crippen molar-refractivity contribution in [2.45, 2.75) is 110 Å². The fourth-order valence-corrected chi connectivity index (χ4v) is 4.82. The predicted octanol–water partition coefficient (Wildman–Crippen LogP) is 5.76. The molecule has 6 nitrogen and oxygen atoms in total. The van der Waals surface area contributed by atoms with Crippen LogP contribution < -0.4 is 5.73 Å². The molecule has 0 aliphatic carbocycles. The zero-order chi connectivity index (χ0) is 25.0. The van der Waals surface area contributed by atoms with E-state index in [0.717, 1.165) is 38.5 Å². The van der Waals surface area contributed by atoms with Crippen LogP contribution in [-0.2, 0) is 0 Å². The van der Waals surface area contributed by atoms with E-state index in [2.05, 4.69) is 19.1 Å². The van der Waals surface area contributed by atoms with Crippen molar-refractivity contribution in [3.8, 4) is 0 Å². The van der Waals surface area contributed by atoms with Gasteiger partial charge in [-0.05, 0) is 64.2 Å². The zero-order valence-corrected chi connectivity index (χ0v) is 21.3. The summed E-state index contributed by atoms with van der Waals surface area (Å²) in [7, 11) is 0. The van der Waals surface area contributed by atoms with Gasteiger partial charge in [-0.25, -0.2) is 0 Å². The molecular weight excluding hydrogens is 416 g/mol. The first-order valence-electron chi connectivity index (χ1n) is 13.1. The number of nitrogens with one attached hydrogen (secondary N) is 1. The highest BCUT2D eigenvalue weighted by Gasteiger charge is 2.42. The fraction of sp³-hybridized carbons (Fsp3) is 0.815. The van der Waals surface area contributed by atoms with E-state index < -0.39 is 5.41 Å². The molecule has 0 heterocycles. The Morgan fingerprint density at radius 2 is 1.33 bits per heavy atom. The van der Waals surface area contributed by atoms with Crippen LogP contribution in [0.5, 0.6) is 0 Å². The Labute approximate surface area is 202 Å². The molecule has 194 valence electrons. The minimum Gasteiger partial charge on any atom is -0.511 e. The van der Waals surface area contributed by atoms with Crippen molar-refractivity contribution < 1.29 is 20.4 Å². The monoisotopic (exact) mass is 468 g/mol. The zero-order valence-electron chi connectivity index (χ0n) is 21.3. The smallest absolute Gasteiger partial charge is 0.121 e. The number of rotatable bonds is 22. The van der Waals surface area contributed by atoms with Crippen molar-refractivity contribution in [3.05, 3.63) is 23.5 Å². The standard InChI is InChI=1S/C27H52N2O4/c1-3-4-5-6-7-8-9-10-11-12-13-14-15-16-24(17-20-30)27(18-21-31,19-22-32)25(33)23(2)26(28)29/h10-11,24,30-33H,3-9,12-22H2,1-2H3,(H3,28,29). The molecule has 0 aliphatic heterocycles. The van der Waals surface area contributed by atoms with Crippen LogP contribution in [0, 0.1) is 16.7 Å². The van der Waals surface area contributed by atoms with Gasteiger partial charge < -0.3 is 26.2 Å². The van der Waals surface area contributed by atoms with Gasteiger partial charge in [0.2, 0.25) is 0 Å². The van der Waals surface area contributed by atoms with Crippen LogP contribution in [0.25, 0.3) is 0 Å². The predicted molar refractivity (Wildman–Crippen MR) is 138 cm³/mol. The molecule has 0 bridgehead atoms. The number of amidine groups is 1. The normalized spacial score (nSPS) is 14.0. The summed E-state index contributed by atoms with van der Waals surface area (Å²) in [6.07, 6.45) is 19.6. The Bertz CT molecular complexity index is 554. The van der Waals surface area contributed by atoms with Gasteiger partial charge in [-0.1, -0.05) is 64.0 Å². The van der Waals surface area contributed by atoms with Gasteiger partial charge in [-0.3, -0.25) is 5.41 Å². The number of nitrogens with two attached hydrogens (primary N) is 1. The molecule has 0 aromatic heterocycles. The molecule has 0 radical (unpaired) electrons. The Kier molecular flexibility index (Phi) is 19.2. The first kappa shape index (κ1) is 31.6. The Balaban J connectivity index is 4.75. The molecule has 0 rings (SSSR count). The number of aliphatic hydroxyl groups excluding tert-OH is 4. The third-order valence-electron chi connectivity index (χ3n) is 6.92. The van der Waals surface area contributed by atoms with Crippen LogP contribution in [0.15, 0.2) is 23.5 Å². The summed E-state index contributed by atoms with van der Waals surface area (Å²) in [6.45, 7) is 3.50. The lowest BCUT2D eigenvalue weighted by Crippen LogP contribution is -2.37. The number of hydrogen-bond donors (Lipinski definition) is 6. The van der Waals surface area contributed by atoms with E-state index in [-0.39, 0.29) is 55.7 Å². The molecule has 0 amide bonds. The SMILES string of the molecule is CCCCCCCCC=CCCCCCC(CCO)C(CCO)(CCO)C(O)=C(C)C(=N)N. The van der Waals surface area contributed by atoms with Crippen LogP contribution >= 0.6 is 0 Å². The summed E-state index contributed by atoms with van der Waals surface area (Å²) in [5.74, 6) is -0.364. The van der Waals surface area contributed by atoms with Crippen molar-refractivity contribution in [1.29, 1.82) is 5.41 Å². The lowest BCUT2D eigenvalue weighted by atomic mass is 9.65. The summed E-state index contributed by atoms with van der Waals surface area (Å²) in [4.78, 5) is 0. The summed E-state index contributed by atoms with van der Waals surface area (Å²) in [6, 6.07) is 0. The second-order valence-corrected chi connectivity index (χ2v) is 9.37. The molecule has 1 unspecified atom stereocenters. The van der Waals surface area contributed by atoms with Gasteiger partial charge >= 0.3 is 0 Å². The van der Waals surface area contributed by atoms with Gasteiger partial charge in [0, 0.05) is 30.8 Å². The van der Waals surface area contributed by atoms with Gasteiger partial charge in [-0.15, -0.1) is 0 Å². The number of hydrogen-bond acceptors (Lipinski definition) is 5. The second kappa shape index (κ2) is 20.0. The topological polar surface area (TPSA) is 131 Å². The maximum absolute atomic E-state index is 11.0. The van der Waals surface area contributed by atoms with E-state index in [1.54, 1.807) is 6.92 Å². The quantitative estimate of drug-likeness (QED) is 0.0395. The van der Waals surface area contributed by atoms with Crippen molar-refractivity contribution in [2.75, 3.05) is 19.8 Å². The molecule has 0 aromatic carbocycles. The van der Waals surface area contributed by atoms with Crippen molar-refractivity contribution >= 4 is 5.84 Å². The van der Waals surface area contributed by atoms with Gasteiger partial charge in [0.25, 0.3) is 0 Å². The molecular formula is C27H52N2O4. The lowest BCUT2D eigenvalue weighted by Gasteiger charge is -2.41. The highest BCUT2D eigenvalue weighted by molar-refractivity contribution is 5.94. The van der Waals surface area contributed by atoms with E-state index in [1.165, 1.54) is 38.5 Å². The summed E-state index contributed by atoms with van der Waals surface area (Å²) in [5, 5.41) is 47.8. The highest BCUT2D eigenvalue weighted by Crippen LogP contribution is 2.46. The van der Waals surface area contributed by atoms with Crippen molar-refractivity contribution in [3.63, 3.8) is 0 Å². The molecule has 1 atom stereocenters. The van der Waals surface area contributed by atoms with Crippen molar-refractivity contribution in [2.24, 2.45) is 17.1 Å². The largest absolute Gasteiger partial charge is 0.511 e. The third kappa shape index (κ3) is 12.6. The first-order valence-corrected chi connectivity index (χ1v) is 13.1. The number of allylic oxidation sites excluding steroid dienone is 3. The van der Waals surface area contributed by atoms with Crippen LogP contribution in [0.3, 0.4) is 0 Å². The van der Waals surface area contributed by atoms with Gasteiger partial charge in [-0.2, -0.15) is 0 Å². The van der Waals surface area contributed by atoms with Gasteiger partial charge in [0.15, 0.2) is 0 Å². The summed E-state index contributed by atoms with van der Waals surface area (Å²) < 4.78 is 0.